The standard InChI is InChI=1S/C21H16N2O5/c1-27-18-7-4-15-8-13(12-28-19(15)10-18)9-16(11-22)20(24)23-17-5-2-14(3-6-17)21(25)26/h2-10H,12H2,1H3,(H,23,24)(H,25,26)/b16-9+. The second kappa shape index (κ2) is 8.10. The third-order valence-electron chi connectivity index (χ3n) is 4.04. The summed E-state index contributed by atoms with van der Waals surface area (Å²) in [5, 5.41) is 20.8. The minimum Gasteiger partial charge on any atom is -0.497 e. The van der Waals surface area contributed by atoms with Gasteiger partial charge in [0.1, 0.15) is 29.7 Å². The number of carbonyl (C=O) groups is 2. The summed E-state index contributed by atoms with van der Waals surface area (Å²) in [6.45, 7) is 0.214. The molecule has 0 saturated carbocycles. The van der Waals surface area contributed by atoms with E-state index in [0.29, 0.717) is 22.8 Å². The SMILES string of the molecule is COc1ccc2c(c1)OCC(/C=C(\C#N)C(=O)Nc1ccc(C(=O)O)cc1)=C2. The predicted octanol–water partition coefficient (Wildman–Crippen LogP) is 3.26. The minimum atomic E-state index is -1.06. The van der Waals surface area contributed by atoms with Gasteiger partial charge in [0.05, 0.1) is 12.7 Å². The quantitative estimate of drug-likeness (QED) is 0.612. The van der Waals surface area contributed by atoms with Gasteiger partial charge in [-0.15, -0.1) is 0 Å². The van der Waals surface area contributed by atoms with E-state index >= 15 is 0 Å². The van der Waals surface area contributed by atoms with Crippen LogP contribution in [0.2, 0.25) is 0 Å². The van der Waals surface area contributed by atoms with Gasteiger partial charge < -0.3 is 19.9 Å². The molecule has 0 fully saturated rings. The summed E-state index contributed by atoms with van der Waals surface area (Å²) in [7, 11) is 1.57. The van der Waals surface area contributed by atoms with E-state index in [0.717, 1.165) is 5.56 Å². The van der Waals surface area contributed by atoms with Crippen LogP contribution < -0.4 is 14.8 Å². The van der Waals surface area contributed by atoms with Crippen molar-refractivity contribution in [3.63, 3.8) is 0 Å². The third-order valence-corrected chi connectivity index (χ3v) is 4.04. The molecule has 3 rings (SSSR count). The monoisotopic (exact) mass is 376 g/mol. The summed E-state index contributed by atoms with van der Waals surface area (Å²) >= 11 is 0. The van der Waals surface area contributed by atoms with Crippen molar-refractivity contribution in [2.75, 3.05) is 19.0 Å². The van der Waals surface area contributed by atoms with Crippen molar-refractivity contribution in [2.24, 2.45) is 0 Å². The summed E-state index contributed by atoms with van der Waals surface area (Å²) < 4.78 is 10.8. The number of amides is 1. The minimum absolute atomic E-state index is 0.0888. The molecule has 28 heavy (non-hydrogen) atoms. The number of anilines is 1. The molecule has 2 aromatic carbocycles. The number of fused-ring (bicyclic) bond motifs is 1. The average Bonchev–Trinajstić information content (AvgIpc) is 2.71. The molecular formula is C21H16N2O5. The first-order chi connectivity index (χ1) is 13.5. The molecule has 0 unspecified atom stereocenters. The van der Waals surface area contributed by atoms with Crippen LogP contribution in [0.3, 0.4) is 0 Å². The summed E-state index contributed by atoms with van der Waals surface area (Å²) in [5.41, 5.74) is 1.90. The van der Waals surface area contributed by atoms with Crippen molar-refractivity contribution >= 4 is 23.6 Å². The molecule has 1 amide bonds. The smallest absolute Gasteiger partial charge is 0.335 e. The molecule has 1 aliphatic heterocycles. The number of methoxy groups -OCH3 is 1. The molecule has 1 aliphatic rings. The lowest BCUT2D eigenvalue weighted by atomic mass is 10.0. The van der Waals surface area contributed by atoms with E-state index in [-0.39, 0.29) is 17.7 Å². The lowest BCUT2D eigenvalue weighted by molar-refractivity contribution is -0.112. The van der Waals surface area contributed by atoms with Crippen LogP contribution in [0.1, 0.15) is 15.9 Å². The van der Waals surface area contributed by atoms with Gasteiger partial charge in [0.25, 0.3) is 5.91 Å². The van der Waals surface area contributed by atoms with E-state index in [4.69, 9.17) is 14.6 Å². The fourth-order valence-corrected chi connectivity index (χ4v) is 2.60. The molecule has 0 atom stereocenters. The number of hydrogen-bond donors (Lipinski definition) is 2. The number of carbonyl (C=O) groups excluding carboxylic acids is 1. The third kappa shape index (κ3) is 4.19. The van der Waals surface area contributed by atoms with Crippen LogP contribution in [-0.2, 0) is 4.79 Å². The highest BCUT2D eigenvalue weighted by Crippen LogP contribution is 2.30. The van der Waals surface area contributed by atoms with Crippen molar-refractivity contribution < 1.29 is 24.2 Å². The van der Waals surface area contributed by atoms with Crippen molar-refractivity contribution in [3.8, 4) is 17.6 Å². The molecule has 2 N–H and O–H groups in total. The topological polar surface area (TPSA) is 109 Å². The largest absolute Gasteiger partial charge is 0.497 e. The van der Waals surface area contributed by atoms with Gasteiger partial charge in [-0.3, -0.25) is 4.79 Å². The normalized spacial score (nSPS) is 12.7. The number of nitriles is 1. The number of carboxylic acid groups (broad SMARTS) is 1. The lowest BCUT2D eigenvalue weighted by Gasteiger charge is -2.17. The van der Waals surface area contributed by atoms with Crippen LogP contribution in [0.25, 0.3) is 6.08 Å². The van der Waals surface area contributed by atoms with E-state index in [9.17, 15) is 14.9 Å². The van der Waals surface area contributed by atoms with Crippen LogP contribution in [0, 0.1) is 11.3 Å². The molecule has 7 heteroatoms. The zero-order valence-electron chi connectivity index (χ0n) is 14.9. The van der Waals surface area contributed by atoms with Crippen LogP contribution in [0.5, 0.6) is 11.5 Å². The first-order valence-corrected chi connectivity index (χ1v) is 8.28. The van der Waals surface area contributed by atoms with Crippen molar-refractivity contribution in [2.45, 2.75) is 0 Å². The van der Waals surface area contributed by atoms with Gasteiger partial charge in [-0.25, -0.2) is 4.79 Å². The van der Waals surface area contributed by atoms with Crippen LogP contribution in [-0.4, -0.2) is 30.7 Å². The van der Waals surface area contributed by atoms with Crippen LogP contribution in [0.15, 0.2) is 59.7 Å². The maximum absolute atomic E-state index is 12.4. The maximum Gasteiger partial charge on any atom is 0.335 e. The number of nitrogens with zero attached hydrogens (tertiary/aromatic N) is 1. The van der Waals surface area contributed by atoms with Crippen LogP contribution in [0.4, 0.5) is 5.69 Å². The Balaban J connectivity index is 1.77. The molecule has 0 bridgehead atoms. The summed E-state index contributed by atoms with van der Waals surface area (Å²) in [6, 6.07) is 12.9. The van der Waals surface area contributed by atoms with Gasteiger partial charge in [-0.2, -0.15) is 5.26 Å². The van der Waals surface area contributed by atoms with Crippen LogP contribution >= 0.6 is 0 Å². The molecule has 1 heterocycles. The number of ether oxygens (including phenoxy) is 2. The highest BCUT2D eigenvalue weighted by molar-refractivity contribution is 6.07. The Morgan fingerprint density at radius 3 is 2.64 bits per heavy atom. The van der Waals surface area contributed by atoms with E-state index in [1.54, 1.807) is 19.2 Å². The second-order valence-corrected chi connectivity index (χ2v) is 5.92. The van der Waals surface area contributed by atoms with Crippen molar-refractivity contribution in [1.82, 2.24) is 0 Å². The number of benzene rings is 2. The Bertz CT molecular complexity index is 1030. The van der Waals surface area contributed by atoms with Crippen molar-refractivity contribution in [3.05, 3.63) is 70.8 Å². The number of aromatic carboxylic acids is 1. The number of rotatable bonds is 5. The van der Waals surface area contributed by atoms with Crippen molar-refractivity contribution in [1.29, 1.82) is 5.26 Å². The molecule has 2 aromatic rings. The maximum atomic E-state index is 12.4. The molecular weight excluding hydrogens is 360 g/mol. The van der Waals surface area contributed by atoms with E-state index in [1.807, 2.05) is 18.2 Å². The number of hydrogen-bond acceptors (Lipinski definition) is 5. The molecule has 140 valence electrons. The summed E-state index contributed by atoms with van der Waals surface area (Å²) in [5.74, 6) is -0.306. The van der Waals surface area contributed by atoms with Gasteiger partial charge in [0, 0.05) is 17.3 Å². The van der Waals surface area contributed by atoms with E-state index < -0.39 is 11.9 Å². The predicted molar refractivity (Wildman–Crippen MR) is 102 cm³/mol. The average molecular weight is 376 g/mol. The molecule has 0 saturated heterocycles. The molecule has 0 aromatic heterocycles. The van der Waals surface area contributed by atoms with E-state index in [1.165, 1.54) is 30.3 Å². The summed E-state index contributed by atoms with van der Waals surface area (Å²) in [6.07, 6.45) is 3.30. The Labute approximate surface area is 161 Å². The zero-order valence-corrected chi connectivity index (χ0v) is 14.9. The van der Waals surface area contributed by atoms with Gasteiger partial charge in [0.2, 0.25) is 0 Å². The fourth-order valence-electron chi connectivity index (χ4n) is 2.60. The Morgan fingerprint density at radius 1 is 1.25 bits per heavy atom. The van der Waals surface area contributed by atoms with E-state index in [2.05, 4.69) is 5.32 Å². The van der Waals surface area contributed by atoms with Gasteiger partial charge >= 0.3 is 5.97 Å². The molecule has 0 aliphatic carbocycles. The Hall–Kier alpha value is -4.05. The number of nitrogens with one attached hydrogen (secondary N) is 1. The zero-order chi connectivity index (χ0) is 20.1. The first-order valence-electron chi connectivity index (χ1n) is 8.28. The molecule has 7 nitrogen and oxygen atoms in total. The Kier molecular flexibility index (Phi) is 5.42. The van der Waals surface area contributed by atoms with Gasteiger partial charge in [-0.05, 0) is 54.1 Å². The highest BCUT2D eigenvalue weighted by atomic mass is 16.5. The van der Waals surface area contributed by atoms with Gasteiger partial charge in [-0.1, -0.05) is 0 Å². The molecule has 0 spiro atoms. The summed E-state index contributed by atoms with van der Waals surface area (Å²) in [4.78, 5) is 23.2. The first kappa shape index (κ1) is 18.7. The number of carboxylic acids is 1. The second-order valence-electron chi connectivity index (χ2n) is 5.92. The Morgan fingerprint density at radius 2 is 2.00 bits per heavy atom. The fraction of sp³-hybridized carbons (Fsp3) is 0.0952. The highest BCUT2D eigenvalue weighted by Gasteiger charge is 2.15. The lowest BCUT2D eigenvalue weighted by Crippen LogP contribution is -2.15. The molecule has 0 radical (unpaired) electrons. The van der Waals surface area contributed by atoms with Gasteiger partial charge in [0.15, 0.2) is 0 Å².